The largest absolute Gasteiger partial charge is 0.300 e. The molecule has 1 aromatic heterocycles. The van der Waals surface area contributed by atoms with Crippen molar-refractivity contribution in [3.63, 3.8) is 0 Å². The molecule has 0 spiro atoms. The van der Waals surface area contributed by atoms with Crippen LogP contribution in [0.15, 0.2) is 41.9 Å². The summed E-state index contributed by atoms with van der Waals surface area (Å²) in [6.45, 7) is -0.223. The Hall–Kier alpha value is -2.54. The first kappa shape index (κ1) is 16.6. The Bertz CT molecular complexity index is 898. The summed E-state index contributed by atoms with van der Waals surface area (Å²) in [5, 5.41) is 4.88. The number of thiazole rings is 1. The summed E-state index contributed by atoms with van der Waals surface area (Å²) in [6.07, 6.45) is 3.48. The number of nitrogens with one attached hydrogen (secondary N) is 1. The van der Waals surface area contributed by atoms with Gasteiger partial charge in [0.05, 0.1) is 11.8 Å². The zero-order valence-corrected chi connectivity index (χ0v) is 15.4. The van der Waals surface area contributed by atoms with E-state index >= 15 is 0 Å². The maximum absolute atomic E-state index is 13.0. The van der Waals surface area contributed by atoms with Crippen molar-refractivity contribution in [2.45, 2.75) is 18.8 Å². The lowest BCUT2D eigenvalue weighted by Gasteiger charge is -2.28. The SMILES string of the molecule is O=C(CN1C(=O)[C@@H]2[C@@H]3C[C@@H]([C@H]2C1=O)[C@H](c1ccccc1)C3)Nc1nccs1. The fourth-order valence-corrected chi connectivity index (χ4v) is 5.89. The summed E-state index contributed by atoms with van der Waals surface area (Å²) in [4.78, 5) is 43.3. The molecular weight excluding hydrogens is 362 g/mol. The van der Waals surface area contributed by atoms with Gasteiger partial charge in [0.15, 0.2) is 5.13 Å². The second kappa shape index (κ2) is 6.27. The van der Waals surface area contributed by atoms with Gasteiger partial charge in [-0.2, -0.15) is 0 Å². The number of amides is 3. The zero-order valence-electron chi connectivity index (χ0n) is 14.6. The van der Waals surface area contributed by atoms with Gasteiger partial charge < -0.3 is 5.32 Å². The maximum Gasteiger partial charge on any atom is 0.246 e. The number of aromatic nitrogens is 1. The molecule has 1 saturated heterocycles. The summed E-state index contributed by atoms with van der Waals surface area (Å²) in [7, 11) is 0. The van der Waals surface area contributed by atoms with Crippen molar-refractivity contribution >= 4 is 34.2 Å². The lowest BCUT2D eigenvalue weighted by molar-refractivity contribution is -0.143. The molecule has 2 aromatic rings. The number of carbonyl (C=O) groups excluding carboxylic acids is 3. The highest BCUT2D eigenvalue weighted by atomic mass is 32.1. The van der Waals surface area contributed by atoms with Crippen molar-refractivity contribution in [3.05, 3.63) is 47.5 Å². The van der Waals surface area contributed by atoms with Crippen molar-refractivity contribution in [2.24, 2.45) is 23.7 Å². The molecular formula is C20H19N3O3S. The third-order valence-electron chi connectivity index (χ3n) is 6.31. The first-order chi connectivity index (χ1) is 13.1. The monoisotopic (exact) mass is 381 g/mol. The van der Waals surface area contributed by atoms with Gasteiger partial charge in [0, 0.05) is 11.6 Å². The highest BCUT2D eigenvalue weighted by molar-refractivity contribution is 7.13. The van der Waals surface area contributed by atoms with Crippen LogP contribution in [0.1, 0.15) is 24.3 Å². The number of fused-ring (bicyclic) bond motifs is 5. The van der Waals surface area contributed by atoms with E-state index in [1.807, 2.05) is 18.2 Å². The summed E-state index contributed by atoms with van der Waals surface area (Å²) in [6, 6.07) is 10.3. The van der Waals surface area contributed by atoms with E-state index in [4.69, 9.17) is 0 Å². The Balaban J connectivity index is 1.34. The standard InChI is InChI=1S/C20H19N3O3S/c24-15(22-20-21-6-7-27-20)10-23-18(25)16-12-8-13(11-4-2-1-3-5-11)14(9-12)17(16)19(23)26/h1-7,12-14,16-17H,8-10H2,(H,21,22,24)/t12-,13-,14+,16+,17+/m0/s1. The second-order valence-electron chi connectivity index (χ2n) is 7.61. The van der Waals surface area contributed by atoms with Crippen LogP contribution in [0.4, 0.5) is 5.13 Å². The molecule has 3 amide bonds. The van der Waals surface area contributed by atoms with E-state index in [-0.39, 0.29) is 47.9 Å². The highest BCUT2D eigenvalue weighted by Crippen LogP contribution is 2.61. The predicted octanol–water partition coefficient (Wildman–Crippen LogP) is 2.51. The number of carbonyl (C=O) groups is 3. The van der Waals surface area contributed by atoms with E-state index in [9.17, 15) is 14.4 Å². The van der Waals surface area contributed by atoms with E-state index < -0.39 is 0 Å². The number of rotatable bonds is 4. The Morgan fingerprint density at radius 1 is 1.15 bits per heavy atom. The van der Waals surface area contributed by atoms with Crippen LogP contribution in [0.5, 0.6) is 0 Å². The molecule has 6 nitrogen and oxygen atoms in total. The van der Waals surface area contributed by atoms with Crippen LogP contribution in [-0.2, 0) is 14.4 Å². The molecule has 7 heteroatoms. The van der Waals surface area contributed by atoms with E-state index in [1.165, 1.54) is 21.8 Å². The van der Waals surface area contributed by atoms with Gasteiger partial charge in [-0.3, -0.25) is 19.3 Å². The van der Waals surface area contributed by atoms with Gasteiger partial charge in [-0.25, -0.2) is 4.98 Å². The van der Waals surface area contributed by atoms with Crippen LogP contribution in [0, 0.1) is 23.7 Å². The predicted molar refractivity (Wildman–Crippen MR) is 99.8 cm³/mol. The second-order valence-corrected chi connectivity index (χ2v) is 8.51. The summed E-state index contributed by atoms with van der Waals surface area (Å²) in [5.74, 6) is -0.452. The molecule has 1 aromatic carbocycles. The van der Waals surface area contributed by atoms with Gasteiger partial charge in [-0.15, -0.1) is 11.3 Å². The lowest BCUT2D eigenvalue weighted by atomic mass is 9.73. The molecule has 2 saturated carbocycles. The fraction of sp³-hybridized carbons (Fsp3) is 0.400. The molecule has 1 N–H and O–H groups in total. The van der Waals surface area contributed by atoms with E-state index in [1.54, 1.807) is 11.6 Å². The van der Waals surface area contributed by atoms with Crippen LogP contribution in [0.2, 0.25) is 0 Å². The first-order valence-electron chi connectivity index (χ1n) is 9.23. The molecule has 5 atom stereocenters. The molecule has 2 heterocycles. The molecule has 5 rings (SSSR count). The van der Waals surface area contributed by atoms with Gasteiger partial charge >= 0.3 is 0 Å². The molecule has 1 aliphatic heterocycles. The van der Waals surface area contributed by atoms with Crippen molar-refractivity contribution in [1.29, 1.82) is 0 Å². The molecule has 3 fully saturated rings. The van der Waals surface area contributed by atoms with Gasteiger partial charge in [-0.05, 0) is 36.2 Å². The molecule has 138 valence electrons. The molecule has 3 aliphatic rings. The topological polar surface area (TPSA) is 79.4 Å². The highest BCUT2D eigenvalue weighted by Gasteiger charge is 2.63. The number of anilines is 1. The number of hydrogen-bond donors (Lipinski definition) is 1. The zero-order chi connectivity index (χ0) is 18.5. The average Bonchev–Trinajstić information content (AvgIpc) is 3.44. The average molecular weight is 381 g/mol. The number of likely N-dealkylation sites (tertiary alicyclic amines) is 1. The third kappa shape index (κ3) is 2.60. The van der Waals surface area contributed by atoms with E-state index in [0.29, 0.717) is 11.0 Å². The quantitative estimate of drug-likeness (QED) is 0.826. The van der Waals surface area contributed by atoms with Gasteiger partial charge in [0.2, 0.25) is 17.7 Å². The minimum absolute atomic E-state index is 0.168. The minimum atomic E-state index is -0.376. The van der Waals surface area contributed by atoms with Gasteiger partial charge in [-0.1, -0.05) is 30.3 Å². The van der Waals surface area contributed by atoms with Gasteiger partial charge in [0.1, 0.15) is 6.54 Å². The number of benzene rings is 1. The van der Waals surface area contributed by atoms with Gasteiger partial charge in [0.25, 0.3) is 0 Å². The molecule has 27 heavy (non-hydrogen) atoms. The number of nitrogens with zero attached hydrogens (tertiary/aromatic N) is 2. The third-order valence-corrected chi connectivity index (χ3v) is 7.00. The fourth-order valence-electron chi connectivity index (χ4n) is 5.35. The van der Waals surface area contributed by atoms with Crippen LogP contribution >= 0.6 is 11.3 Å². The Kier molecular flexibility index (Phi) is 3.86. The molecule has 0 radical (unpaired) electrons. The summed E-state index contributed by atoms with van der Waals surface area (Å²) >= 11 is 1.30. The van der Waals surface area contributed by atoms with Crippen molar-refractivity contribution in [1.82, 2.24) is 9.88 Å². The summed E-state index contributed by atoms with van der Waals surface area (Å²) < 4.78 is 0. The van der Waals surface area contributed by atoms with E-state index in [0.717, 1.165) is 12.8 Å². The summed E-state index contributed by atoms with van der Waals surface area (Å²) in [5.41, 5.74) is 1.25. The van der Waals surface area contributed by atoms with Crippen LogP contribution in [-0.4, -0.2) is 34.2 Å². The smallest absolute Gasteiger partial charge is 0.246 e. The molecule has 2 aliphatic carbocycles. The molecule has 0 unspecified atom stereocenters. The number of imide groups is 1. The first-order valence-corrected chi connectivity index (χ1v) is 10.1. The van der Waals surface area contributed by atoms with Crippen LogP contribution in [0.3, 0.4) is 0 Å². The minimum Gasteiger partial charge on any atom is -0.300 e. The van der Waals surface area contributed by atoms with E-state index in [2.05, 4.69) is 22.4 Å². The van der Waals surface area contributed by atoms with Crippen molar-refractivity contribution in [2.75, 3.05) is 11.9 Å². The Labute approximate surface area is 160 Å². The van der Waals surface area contributed by atoms with Crippen molar-refractivity contribution in [3.8, 4) is 0 Å². The van der Waals surface area contributed by atoms with Crippen LogP contribution in [0.25, 0.3) is 0 Å². The lowest BCUT2D eigenvalue weighted by Crippen LogP contribution is -2.39. The Morgan fingerprint density at radius 3 is 2.67 bits per heavy atom. The normalized spacial score (nSPS) is 31.4. The van der Waals surface area contributed by atoms with Crippen LogP contribution < -0.4 is 5.32 Å². The maximum atomic E-state index is 13.0. The number of hydrogen-bond acceptors (Lipinski definition) is 5. The molecule has 2 bridgehead atoms. The Morgan fingerprint density at radius 2 is 1.93 bits per heavy atom. The van der Waals surface area contributed by atoms with Crippen molar-refractivity contribution < 1.29 is 14.4 Å².